The molecule has 0 saturated heterocycles. The van der Waals surface area contributed by atoms with Gasteiger partial charge in [-0.3, -0.25) is 0 Å². The highest BCUT2D eigenvalue weighted by molar-refractivity contribution is 7.88. The minimum absolute atomic E-state index is 0.121. The van der Waals surface area contributed by atoms with Crippen LogP contribution < -0.4 is 4.72 Å². The lowest BCUT2D eigenvalue weighted by Crippen LogP contribution is -2.27. The van der Waals surface area contributed by atoms with Gasteiger partial charge in [0.15, 0.2) is 0 Å². The lowest BCUT2D eigenvalue weighted by molar-refractivity contribution is 0.182. The Bertz CT molecular complexity index is 415. The van der Waals surface area contributed by atoms with Crippen LogP contribution in [-0.4, -0.2) is 26.3 Å². The van der Waals surface area contributed by atoms with Crippen LogP contribution in [0.3, 0.4) is 0 Å². The van der Waals surface area contributed by atoms with Crippen molar-refractivity contribution < 1.29 is 17.9 Å². The zero-order chi connectivity index (χ0) is 11.5. The van der Waals surface area contributed by atoms with E-state index in [9.17, 15) is 17.9 Å². The fraction of sp³-hybridized carbons (Fsp3) is 0.333. The van der Waals surface area contributed by atoms with Crippen LogP contribution in [0, 0.1) is 5.82 Å². The summed E-state index contributed by atoms with van der Waals surface area (Å²) >= 11 is 0. The third kappa shape index (κ3) is 4.37. The van der Waals surface area contributed by atoms with Crippen molar-refractivity contribution in [1.82, 2.24) is 4.72 Å². The van der Waals surface area contributed by atoms with Gasteiger partial charge in [-0.1, -0.05) is 12.1 Å². The summed E-state index contributed by atoms with van der Waals surface area (Å²) in [5, 5.41) is 9.53. The first-order valence-corrected chi connectivity index (χ1v) is 6.16. The lowest BCUT2D eigenvalue weighted by atomic mass is 10.1. The molecular weight excluding hydrogens is 221 g/mol. The number of nitrogens with one attached hydrogen (secondary N) is 1. The second-order valence-electron chi connectivity index (χ2n) is 3.19. The maximum Gasteiger partial charge on any atom is 0.208 e. The summed E-state index contributed by atoms with van der Waals surface area (Å²) in [5.74, 6) is -0.401. The molecule has 0 aliphatic heterocycles. The summed E-state index contributed by atoms with van der Waals surface area (Å²) in [6, 6.07) is 5.23. The average molecular weight is 233 g/mol. The van der Waals surface area contributed by atoms with Gasteiger partial charge in [0.2, 0.25) is 10.0 Å². The predicted molar refractivity (Wildman–Crippen MR) is 54.2 cm³/mol. The minimum atomic E-state index is -3.32. The Labute approximate surface area is 87.8 Å². The zero-order valence-electron chi connectivity index (χ0n) is 8.14. The van der Waals surface area contributed by atoms with Gasteiger partial charge in [-0.05, 0) is 17.7 Å². The van der Waals surface area contributed by atoms with Crippen LogP contribution in [0.5, 0.6) is 0 Å². The van der Waals surface area contributed by atoms with E-state index in [0.717, 1.165) is 6.26 Å². The van der Waals surface area contributed by atoms with Crippen LogP contribution in [0.4, 0.5) is 4.39 Å². The summed E-state index contributed by atoms with van der Waals surface area (Å²) in [7, 11) is -3.32. The zero-order valence-corrected chi connectivity index (χ0v) is 8.96. The summed E-state index contributed by atoms with van der Waals surface area (Å²) in [6.45, 7) is -0.121. The first-order chi connectivity index (χ1) is 6.88. The molecule has 1 unspecified atom stereocenters. The summed E-state index contributed by atoms with van der Waals surface area (Å²) < 4.78 is 36.2. The maximum absolute atomic E-state index is 12.5. The van der Waals surface area contributed by atoms with Crippen molar-refractivity contribution >= 4 is 10.0 Å². The van der Waals surface area contributed by atoms with E-state index in [1.165, 1.54) is 24.3 Å². The topological polar surface area (TPSA) is 66.4 Å². The number of hydrogen-bond acceptors (Lipinski definition) is 3. The van der Waals surface area contributed by atoms with E-state index in [-0.39, 0.29) is 6.54 Å². The van der Waals surface area contributed by atoms with E-state index in [2.05, 4.69) is 4.72 Å². The Morgan fingerprint density at radius 2 is 1.93 bits per heavy atom. The molecule has 0 aromatic heterocycles. The lowest BCUT2D eigenvalue weighted by Gasteiger charge is -2.10. The third-order valence-electron chi connectivity index (χ3n) is 1.79. The molecule has 0 heterocycles. The van der Waals surface area contributed by atoms with Crippen molar-refractivity contribution in [3.8, 4) is 0 Å². The molecule has 0 bridgehead atoms. The molecule has 84 valence electrons. The van der Waals surface area contributed by atoms with Crippen molar-refractivity contribution in [1.29, 1.82) is 0 Å². The second kappa shape index (κ2) is 4.69. The monoisotopic (exact) mass is 233 g/mol. The molecule has 0 spiro atoms. The van der Waals surface area contributed by atoms with Crippen LogP contribution >= 0.6 is 0 Å². The van der Waals surface area contributed by atoms with Crippen molar-refractivity contribution in [3.63, 3.8) is 0 Å². The quantitative estimate of drug-likeness (QED) is 0.791. The van der Waals surface area contributed by atoms with Gasteiger partial charge in [-0.25, -0.2) is 17.5 Å². The summed E-state index contributed by atoms with van der Waals surface area (Å²) in [4.78, 5) is 0. The first kappa shape index (κ1) is 12.1. The predicted octanol–water partition coefficient (Wildman–Crippen LogP) is 0.408. The normalized spacial score (nSPS) is 13.8. The highest BCUT2D eigenvalue weighted by Crippen LogP contribution is 2.12. The standard InChI is InChI=1S/C9H12FNO3S/c1-15(13,14)11-6-9(12)7-2-4-8(10)5-3-7/h2-5,9,11-12H,6H2,1H3. The Balaban J connectivity index is 2.61. The molecular formula is C9H12FNO3S. The molecule has 0 saturated carbocycles. The van der Waals surface area contributed by atoms with Crippen molar-refractivity contribution in [3.05, 3.63) is 35.6 Å². The van der Waals surface area contributed by atoms with Gasteiger partial charge >= 0.3 is 0 Å². The molecule has 1 aromatic carbocycles. The van der Waals surface area contributed by atoms with Crippen LogP contribution in [0.2, 0.25) is 0 Å². The largest absolute Gasteiger partial charge is 0.387 e. The first-order valence-electron chi connectivity index (χ1n) is 4.26. The van der Waals surface area contributed by atoms with E-state index in [1.807, 2.05) is 0 Å². The number of aliphatic hydroxyl groups is 1. The SMILES string of the molecule is CS(=O)(=O)NCC(O)c1ccc(F)cc1. The summed E-state index contributed by atoms with van der Waals surface area (Å²) in [6.07, 6.45) is 0.0324. The highest BCUT2D eigenvalue weighted by atomic mass is 32.2. The third-order valence-corrected chi connectivity index (χ3v) is 2.48. The molecule has 1 aromatic rings. The number of rotatable bonds is 4. The van der Waals surface area contributed by atoms with E-state index in [0.29, 0.717) is 5.56 Å². The highest BCUT2D eigenvalue weighted by Gasteiger charge is 2.09. The van der Waals surface area contributed by atoms with E-state index in [1.54, 1.807) is 0 Å². The molecule has 0 radical (unpaired) electrons. The van der Waals surface area contributed by atoms with Crippen LogP contribution in [0.1, 0.15) is 11.7 Å². The van der Waals surface area contributed by atoms with Gasteiger partial charge in [-0.2, -0.15) is 0 Å². The van der Waals surface area contributed by atoms with Gasteiger partial charge in [-0.15, -0.1) is 0 Å². The van der Waals surface area contributed by atoms with Gasteiger partial charge in [0.1, 0.15) is 5.82 Å². The summed E-state index contributed by atoms with van der Waals surface area (Å²) in [5.41, 5.74) is 0.465. The molecule has 4 nitrogen and oxygen atoms in total. The van der Waals surface area contributed by atoms with Gasteiger partial charge in [0.05, 0.1) is 12.4 Å². The average Bonchev–Trinajstić information content (AvgIpc) is 2.14. The Morgan fingerprint density at radius 1 is 1.40 bits per heavy atom. The molecule has 0 fully saturated rings. The Kier molecular flexibility index (Phi) is 3.78. The van der Waals surface area contributed by atoms with E-state index < -0.39 is 21.9 Å². The second-order valence-corrected chi connectivity index (χ2v) is 5.02. The number of aliphatic hydroxyl groups excluding tert-OH is 1. The number of hydrogen-bond donors (Lipinski definition) is 2. The van der Waals surface area contributed by atoms with Gasteiger partial charge < -0.3 is 5.11 Å². The number of sulfonamides is 1. The molecule has 15 heavy (non-hydrogen) atoms. The minimum Gasteiger partial charge on any atom is -0.387 e. The number of benzene rings is 1. The fourth-order valence-electron chi connectivity index (χ4n) is 1.03. The molecule has 1 rings (SSSR count). The molecule has 1 atom stereocenters. The van der Waals surface area contributed by atoms with Gasteiger partial charge in [0.25, 0.3) is 0 Å². The molecule has 2 N–H and O–H groups in total. The van der Waals surface area contributed by atoms with Crippen molar-refractivity contribution in [2.24, 2.45) is 0 Å². The maximum atomic E-state index is 12.5. The van der Waals surface area contributed by atoms with Crippen LogP contribution in [-0.2, 0) is 10.0 Å². The van der Waals surface area contributed by atoms with Crippen LogP contribution in [0.25, 0.3) is 0 Å². The smallest absolute Gasteiger partial charge is 0.208 e. The van der Waals surface area contributed by atoms with Gasteiger partial charge in [0, 0.05) is 6.54 Å². The van der Waals surface area contributed by atoms with E-state index >= 15 is 0 Å². The Hall–Kier alpha value is -0.980. The van der Waals surface area contributed by atoms with Crippen LogP contribution in [0.15, 0.2) is 24.3 Å². The molecule has 0 amide bonds. The fourth-order valence-corrected chi connectivity index (χ4v) is 1.49. The van der Waals surface area contributed by atoms with E-state index in [4.69, 9.17) is 0 Å². The Morgan fingerprint density at radius 3 is 2.40 bits per heavy atom. The molecule has 0 aliphatic carbocycles. The molecule has 6 heteroatoms. The number of halogens is 1. The molecule has 0 aliphatic rings. The van der Waals surface area contributed by atoms with Crippen molar-refractivity contribution in [2.75, 3.05) is 12.8 Å². The van der Waals surface area contributed by atoms with Crippen molar-refractivity contribution in [2.45, 2.75) is 6.10 Å².